The molecule has 28 heteroatoms. The molecule has 5 aromatic carbocycles. The van der Waals surface area contributed by atoms with Gasteiger partial charge in [0.25, 0.3) is 20.2 Å². The number of aliphatic hydroxyl groups is 2. The van der Waals surface area contributed by atoms with E-state index in [0.717, 1.165) is 12.1 Å². The smallest absolute Gasteiger partial charge is 0.425 e. The fourth-order valence-corrected chi connectivity index (χ4v) is 7.33. The van der Waals surface area contributed by atoms with E-state index in [4.69, 9.17) is 31.8 Å². The molecule has 0 aliphatic rings. The van der Waals surface area contributed by atoms with E-state index in [0.29, 0.717) is 16.8 Å². The summed E-state index contributed by atoms with van der Waals surface area (Å²) in [5, 5.41) is 68.5. The molecule has 0 spiro atoms. The summed E-state index contributed by atoms with van der Waals surface area (Å²) < 4.78 is 108. The second-order valence-electron chi connectivity index (χ2n) is 14.7. The number of nitrogens with zero attached hydrogens (tertiary/aromatic N) is 8. The number of methoxy groups -OCH3 is 1. The summed E-state index contributed by atoms with van der Waals surface area (Å²) in [5.74, 6) is -0.823. The number of azo groups is 3. The normalized spacial score (nSPS) is 11.5. The number of aliphatic hydroxyl groups excluding tert-OH is 2. The zero-order valence-electron chi connectivity index (χ0n) is 38.3. The van der Waals surface area contributed by atoms with Gasteiger partial charge in [-0.05, 0) is 79.6 Å². The number of pyridine rings is 1. The van der Waals surface area contributed by atoms with Gasteiger partial charge in [0.05, 0.1) is 52.6 Å². The molecule has 25 nitrogen and oxygen atoms in total. The number of nitrogens with one attached hydrogen (secondary N) is 1. The quantitative estimate of drug-likeness (QED) is 0.0310. The SMILES string of the molecule is COc1cc(N=Nc2ccccc2C(=O)O)c(C)cc1N=Nc1cc(OCCO)c(N=Nc2c(Nc3ccc(S(=O)(=O)O)cc3)nc(Cc3ccc(S(=O)(=O)O)cc3)c(C#N)c2C)cc1OCCO.O=S(=O)=O. The maximum Gasteiger partial charge on any atom is 0.425 e. The maximum atomic E-state index is 11.8. The second kappa shape index (κ2) is 25.1. The Labute approximate surface area is 417 Å². The number of carbonyl (C=O) groups is 1. The number of aromatic nitrogens is 1. The van der Waals surface area contributed by atoms with Gasteiger partial charge in [0.2, 0.25) is 0 Å². The number of ether oxygens (including phenoxy) is 3. The van der Waals surface area contributed by atoms with Crippen molar-refractivity contribution in [1.29, 1.82) is 5.26 Å². The molecule has 1 aromatic heterocycles. The summed E-state index contributed by atoms with van der Waals surface area (Å²) in [6, 6.07) is 24.5. The maximum absolute atomic E-state index is 11.8. The zero-order chi connectivity index (χ0) is 53.5. The third kappa shape index (κ3) is 15.3. The Balaban J connectivity index is 0.00000238. The predicted octanol–water partition coefficient (Wildman–Crippen LogP) is 8.09. The summed E-state index contributed by atoms with van der Waals surface area (Å²) in [6.07, 6.45) is 0.00829. The van der Waals surface area contributed by atoms with Crippen LogP contribution in [0.5, 0.6) is 17.2 Å². The molecule has 0 aliphatic heterocycles. The summed E-state index contributed by atoms with van der Waals surface area (Å²) in [4.78, 5) is 15.7. The lowest BCUT2D eigenvalue weighted by Gasteiger charge is -2.16. The number of carboxylic acid groups (broad SMARTS) is 1. The Hall–Kier alpha value is -8.43. The molecule has 0 unspecified atom stereocenters. The lowest BCUT2D eigenvalue weighted by molar-refractivity contribution is 0.0697. The van der Waals surface area contributed by atoms with Crippen LogP contribution in [0.2, 0.25) is 0 Å². The summed E-state index contributed by atoms with van der Waals surface area (Å²) in [5.41, 5.74) is 2.82. The number of carboxylic acids is 1. The van der Waals surface area contributed by atoms with Gasteiger partial charge in [-0.25, -0.2) is 9.78 Å². The van der Waals surface area contributed by atoms with Crippen LogP contribution >= 0.6 is 0 Å². The molecule has 6 aromatic rings. The standard InChI is InChI=1S/C45H41N9O13S2.O3S/c1-26-20-37(40(65-3)22-35(26)50-49-34-7-5-4-6-32(34)45(57)58)51-52-38-23-42(67-19-17-56)39(24-41(38)66-18-16-55)53-54-43-27(2)33(25-46)36(21-28-8-12-30(13-9-28)68(59,60)61)48-44(43)47-29-10-14-31(15-11-29)69(62,63)64;1-4(2)3/h4-15,20,22-24,55-56H,16-19,21H2,1-3H3,(H,47,48)(H,57,58)(H,59,60,61)(H,62,63,64);. The number of hydrogen-bond acceptors (Lipinski definition) is 22. The van der Waals surface area contributed by atoms with E-state index >= 15 is 0 Å². The van der Waals surface area contributed by atoms with Crippen molar-refractivity contribution in [3.05, 3.63) is 131 Å². The van der Waals surface area contributed by atoms with Crippen molar-refractivity contribution < 1.29 is 72.9 Å². The lowest BCUT2D eigenvalue weighted by Crippen LogP contribution is -2.05. The highest BCUT2D eigenvalue weighted by molar-refractivity contribution is 7.86. The largest absolute Gasteiger partial charge is 0.494 e. The van der Waals surface area contributed by atoms with E-state index < -0.39 is 50.0 Å². The van der Waals surface area contributed by atoms with Gasteiger partial charge in [-0.15, -0.1) is 38.2 Å². The highest BCUT2D eigenvalue weighted by atomic mass is 32.2. The topological polar surface area (TPSA) is 388 Å². The van der Waals surface area contributed by atoms with Gasteiger partial charge in [0.1, 0.15) is 65.0 Å². The monoisotopic (exact) mass is 1060 g/mol. The molecule has 6 rings (SSSR count). The van der Waals surface area contributed by atoms with Crippen LogP contribution in [-0.4, -0.2) is 98.4 Å². The van der Waals surface area contributed by atoms with Crippen molar-refractivity contribution in [1.82, 2.24) is 4.98 Å². The number of aryl methyl sites for hydroxylation is 1. The average molecular weight is 1060 g/mol. The number of hydrogen-bond donors (Lipinski definition) is 6. The molecule has 1 heterocycles. The summed E-state index contributed by atoms with van der Waals surface area (Å²) >= 11 is 0. The molecule has 0 saturated carbocycles. The predicted molar refractivity (Wildman–Crippen MR) is 257 cm³/mol. The van der Waals surface area contributed by atoms with Crippen molar-refractivity contribution in [2.45, 2.75) is 30.1 Å². The van der Waals surface area contributed by atoms with E-state index in [-0.39, 0.29) is 109 Å². The molecular weight excluding hydrogens is 1020 g/mol. The second-order valence-corrected chi connectivity index (χ2v) is 17.9. The molecule has 0 saturated heterocycles. The van der Waals surface area contributed by atoms with E-state index in [1.165, 1.54) is 67.8 Å². The number of aromatic carboxylic acids is 1. The fraction of sp³-hybridized carbons (Fsp3) is 0.178. The number of benzene rings is 5. The average Bonchev–Trinajstić information content (AvgIpc) is 3.34. The zero-order valence-corrected chi connectivity index (χ0v) is 40.8. The number of anilines is 2. The Morgan fingerprint density at radius 3 is 1.68 bits per heavy atom. The van der Waals surface area contributed by atoms with Gasteiger partial charge < -0.3 is 34.8 Å². The first-order chi connectivity index (χ1) is 34.7. The molecule has 0 amide bonds. The van der Waals surface area contributed by atoms with E-state index in [9.17, 15) is 51.3 Å². The van der Waals surface area contributed by atoms with Crippen molar-refractivity contribution in [2.75, 3.05) is 38.9 Å². The highest BCUT2D eigenvalue weighted by Gasteiger charge is 2.21. The van der Waals surface area contributed by atoms with Crippen LogP contribution in [0, 0.1) is 25.2 Å². The molecule has 0 atom stereocenters. The minimum absolute atomic E-state index is 0.00829. The van der Waals surface area contributed by atoms with Gasteiger partial charge in [-0.3, -0.25) is 9.11 Å². The Bertz CT molecular complexity index is 3490. The molecule has 0 fully saturated rings. The Morgan fingerprint density at radius 1 is 0.699 bits per heavy atom. The minimum atomic E-state index is -4.53. The lowest BCUT2D eigenvalue weighted by atomic mass is 10.0. The third-order valence-corrected chi connectivity index (χ3v) is 11.5. The summed E-state index contributed by atoms with van der Waals surface area (Å²) in [6.45, 7) is 2.11. The van der Waals surface area contributed by atoms with Crippen LogP contribution < -0.4 is 19.5 Å². The molecule has 0 radical (unpaired) electrons. The minimum Gasteiger partial charge on any atom is -0.494 e. The van der Waals surface area contributed by atoms with Crippen LogP contribution in [0.3, 0.4) is 0 Å². The van der Waals surface area contributed by atoms with Crippen molar-refractivity contribution in [2.24, 2.45) is 30.7 Å². The third-order valence-electron chi connectivity index (χ3n) is 9.77. The van der Waals surface area contributed by atoms with Crippen LogP contribution in [0.25, 0.3) is 0 Å². The van der Waals surface area contributed by atoms with Crippen LogP contribution in [0.4, 0.5) is 45.6 Å². The fourth-order valence-electron chi connectivity index (χ4n) is 6.37. The first kappa shape index (κ1) is 55.5. The number of nitriles is 1. The van der Waals surface area contributed by atoms with E-state index in [1.54, 1.807) is 38.1 Å². The van der Waals surface area contributed by atoms with Crippen LogP contribution in [0.15, 0.2) is 138 Å². The van der Waals surface area contributed by atoms with Gasteiger partial charge in [-0.1, -0.05) is 24.3 Å². The first-order valence-electron chi connectivity index (χ1n) is 20.7. The number of rotatable bonds is 20. The Morgan fingerprint density at radius 2 is 1.18 bits per heavy atom. The molecule has 0 bridgehead atoms. The highest BCUT2D eigenvalue weighted by Crippen LogP contribution is 2.44. The van der Waals surface area contributed by atoms with Crippen LogP contribution in [0.1, 0.15) is 38.3 Å². The van der Waals surface area contributed by atoms with Gasteiger partial charge in [-0.2, -0.15) is 27.2 Å². The summed E-state index contributed by atoms with van der Waals surface area (Å²) in [7, 11) is -10.7. The van der Waals surface area contributed by atoms with Gasteiger partial charge in [0, 0.05) is 35.9 Å². The molecule has 73 heavy (non-hydrogen) atoms. The van der Waals surface area contributed by atoms with Gasteiger partial charge in [0.15, 0.2) is 5.82 Å². The van der Waals surface area contributed by atoms with Crippen molar-refractivity contribution in [3.8, 4) is 23.3 Å². The first-order valence-corrected chi connectivity index (χ1v) is 24.6. The van der Waals surface area contributed by atoms with Crippen molar-refractivity contribution in [3.63, 3.8) is 0 Å². The van der Waals surface area contributed by atoms with E-state index in [1.807, 2.05) is 0 Å². The van der Waals surface area contributed by atoms with Gasteiger partial charge >= 0.3 is 16.6 Å². The van der Waals surface area contributed by atoms with E-state index in [2.05, 4.69) is 42.1 Å². The van der Waals surface area contributed by atoms with Crippen molar-refractivity contribution >= 4 is 82.4 Å². The van der Waals surface area contributed by atoms with Crippen LogP contribution in [-0.2, 0) is 37.3 Å². The Kier molecular flexibility index (Phi) is 19.1. The molecular formula is C45H41N9O16S3. The molecule has 6 N–H and O–H groups in total. The molecule has 0 aliphatic carbocycles. The molecule has 380 valence electrons.